The van der Waals surface area contributed by atoms with Gasteiger partial charge in [-0.05, 0) is 26.0 Å². The molecule has 1 aromatic carbocycles. The van der Waals surface area contributed by atoms with E-state index in [1.807, 2.05) is 13.8 Å². The SMILES string of the molecule is COC(=O)c1cc(OC)c(OC)cc1NC(=O)c1ccc(Cn2nc(C)c(Cl)c2C)o1. The first-order valence-corrected chi connectivity index (χ1v) is 9.60. The Bertz CT molecular complexity index is 1130. The van der Waals surface area contributed by atoms with Crippen molar-refractivity contribution in [3.05, 3.63) is 57.8 Å². The van der Waals surface area contributed by atoms with Crippen LogP contribution in [0.4, 0.5) is 5.69 Å². The average molecular weight is 448 g/mol. The number of carbonyl (C=O) groups is 2. The van der Waals surface area contributed by atoms with Crippen molar-refractivity contribution in [2.45, 2.75) is 20.4 Å². The second-order valence-electron chi connectivity index (χ2n) is 6.61. The van der Waals surface area contributed by atoms with Crippen molar-refractivity contribution < 1.29 is 28.2 Å². The van der Waals surface area contributed by atoms with Crippen LogP contribution in [0.2, 0.25) is 5.02 Å². The molecule has 0 aliphatic rings. The van der Waals surface area contributed by atoms with Gasteiger partial charge in [0.05, 0.1) is 55.5 Å². The van der Waals surface area contributed by atoms with Crippen LogP contribution in [0.25, 0.3) is 0 Å². The molecule has 2 aromatic heterocycles. The van der Waals surface area contributed by atoms with Gasteiger partial charge in [-0.15, -0.1) is 0 Å². The molecule has 0 atom stereocenters. The van der Waals surface area contributed by atoms with Crippen LogP contribution in [0.5, 0.6) is 11.5 Å². The van der Waals surface area contributed by atoms with Crippen LogP contribution in [-0.2, 0) is 11.3 Å². The fraction of sp³-hybridized carbons (Fsp3) is 0.286. The zero-order valence-corrected chi connectivity index (χ0v) is 18.5. The van der Waals surface area contributed by atoms with Crippen LogP contribution < -0.4 is 14.8 Å². The number of furan rings is 1. The van der Waals surface area contributed by atoms with Crippen LogP contribution in [0.3, 0.4) is 0 Å². The molecule has 0 saturated carbocycles. The number of nitrogens with zero attached hydrogens (tertiary/aromatic N) is 2. The Morgan fingerprint density at radius 1 is 1.13 bits per heavy atom. The minimum absolute atomic E-state index is 0.0632. The number of hydrogen-bond donors (Lipinski definition) is 1. The van der Waals surface area contributed by atoms with Gasteiger partial charge >= 0.3 is 5.97 Å². The molecule has 0 unspecified atom stereocenters. The normalized spacial score (nSPS) is 10.6. The van der Waals surface area contributed by atoms with Crippen molar-refractivity contribution in [1.29, 1.82) is 0 Å². The fourth-order valence-electron chi connectivity index (χ4n) is 3.01. The van der Waals surface area contributed by atoms with E-state index in [4.69, 9.17) is 30.2 Å². The number of aromatic nitrogens is 2. The van der Waals surface area contributed by atoms with Crippen molar-refractivity contribution in [2.75, 3.05) is 26.6 Å². The Kier molecular flexibility index (Phi) is 6.55. The summed E-state index contributed by atoms with van der Waals surface area (Å²) in [5.41, 5.74) is 1.82. The maximum absolute atomic E-state index is 12.7. The zero-order chi connectivity index (χ0) is 22.7. The lowest BCUT2D eigenvalue weighted by Gasteiger charge is -2.14. The van der Waals surface area contributed by atoms with Crippen LogP contribution in [0.1, 0.15) is 38.1 Å². The maximum atomic E-state index is 12.7. The third kappa shape index (κ3) is 4.51. The fourth-order valence-corrected chi connectivity index (χ4v) is 3.14. The Hall–Kier alpha value is -3.46. The summed E-state index contributed by atoms with van der Waals surface area (Å²) >= 11 is 6.17. The highest BCUT2D eigenvalue weighted by Gasteiger charge is 2.21. The number of nitrogens with one attached hydrogen (secondary N) is 1. The quantitative estimate of drug-likeness (QED) is 0.548. The molecular formula is C21H22ClN3O6. The van der Waals surface area contributed by atoms with E-state index >= 15 is 0 Å². The topological polar surface area (TPSA) is 105 Å². The number of halogens is 1. The molecule has 0 fully saturated rings. The summed E-state index contributed by atoms with van der Waals surface area (Å²) in [6.45, 7) is 3.98. The Morgan fingerprint density at radius 3 is 2.39 bits per heavy atom. The molecule has 3 rings (SSSR count). The number of aryl methyl sites for hydroxylation is 1. The van der Waals surface area contributed by atoms with E-state index in [0.29, 0.717) is 34.5 Å². The number of methoxy groups -OCH3 is 3. The van der Waals surface area contributed by atoms with Crippen LogP contribution in [-0.4, -0.2) is 43.0 Å². The molecular weight excluding hydrogens is 426 g/mol. The first-order chi connectivity index (χ1) is 14.8. The largest absolute Gasteiger partial charge is 0.493 e. The Labute approximate surface area is 183 Å². The second kappa shape index (κ2) is 9.13. The smallest absolute Gasteiger partial charge is 0.340 e. The lowest BCUT2D eigenvalue weighted by molar-refractivity contribution is 0.0601. The molecule has 1 amide bonds. The minimum atomic E-state index is -0.641. The summed E-state index contributed by atoms with van der Waals surface area (Å²) in [5, 5.41) is 7.60. The monoisotopic (exact) mass is 447 g/mol. The van der Waals surface area contributed by atoms with Crippen LogP contribution in [0.15, 0.2) is 28.7 Å². The van der Waals surface area contributed by atoms with Crippen molar-refractivity contribution in [3.63, 3.8) is 0 Å². The van der Waals surface area contributed by atoms with Crippen molar-refractivity contribution >= 4 is 29.2 Å². The summed E-state index contributed by atoms with van der Waals surface area (Å²) in [6.07, 6.45) is 0. The average Bonchev–Trinajstić information content (AvgIpc) is 3.33. The van der Waals surface area contributed by atoms with Gasteiger partial charge in [-0.1, -0.05) is 11.6 Å². The van der Waals surface area contributed by atoms with Gasteiger partial charge in [0, 0.05) is 12.1 Å². The molecule has 0 aliphatic carbocycles. The molecule has 0 aliphatic heterocycles. The van der Waals surface area contributed by atoms with E-state index in [2.05, 4.69) is 10.4 Å². The highest BCUT2D eigenvalue weighted by atomic mass is 35.5. The molecule has 0 spiro atoms. The number of hydrogen-bond acceptors (Lipinski definition) is 7. The lowest BCUT2D eigenvalue weighted by Crippen LogP contribution is -2.15. The molecule has 2 heterocycles. The van der Waals surface area contributed by atoms with Gasteiger partial charge in [0.15, 0.2) is 17.3 Å². The zero-order valence-electron chi connectivity index (χ0n) is 17.7. The lowest BCUT2D eigenvalue weighted by atomic mass is 10.1. The standard InChI is InChI=1S/C21H22ClN3O6/c1-11-19(22)12(2)25(24-11)10-13-6-7-16(31-13)20(26)23-15-9-18(29-4)17(28-3)8-14(15)21(27)30-5/h6-9H,10H2,1-5H3,(H,23,26). The molecule has 0 radical (unpaired) electrons. The van der Waals surface area contributed by atoms with E-state index in [1.54, 1.807) is 10.7 Å². The number of rotatable bonds is 7. The highest BCUT2D eigenvalue weighted by Crippen LogP contribution is 2.34. The van der Waals surface area contributed by atoms with Gasteiger partial charge in [0.1, 0.15) is 5.76 Å². The third-order valence-corrected chi connectivity index (χ3v) is 5.21. The number of amides is 1. The van der Waals surface area contributed by atoms with Crippen LogP contribution >= 0.6 is 11.6 Å². The summed E-state index contributed by atoms with van der Waals surface area (Å²) in [6, 6.07) is 6.12. The molecule has 164 valence electrons. The number of ether oxygens (including phenoxy) is 3. The summed E-state index contributed by atoms with van der Waals surface area (Å²) in [4.78, 5) is 24.9. The van der Waals surface area contributed by atoms with Crippen molar-refractivity contribution in [2.24, 2.45) is 0 Å². The van der Waals surface area contributed by atoms with Crippen molar-refractivity contribution in [1.82, 2.24) is 9.78 Å². The first kappa shape index (κ1) is 22.2. The number of carbonyl (C=O) groups excluding carboxylic acids is 2. The minimum Gasteiger partial charge on any atom is -0.493 e. The summed E-state index contributed by atoms with van der Waals surface area (Å²) < 4.78 is 22.6. The van der Waals surface area contributed by atoms with E-state index < -0.39 is 11.9 Å². The van der Waals surface area contributed by atoms with Gasteiger partial charge in [-0.2, -0.15) is 5.10 Å². The van der Waals surface area contributed by atoms with E-state index in [0.717, 1.165) is 5.69 Å². The second-order valence-corrected chi connectivity index (χ2v) is 6.98. The van der Waals surface area contributed by atoms with Gasteiger partial charge in [0.25, 0.3) is 5.91 Å². The Morgan fingerprint density at radius 2 is 1.81 bits per heavy atom. The van der Waals surface area contributed by atoms with E-state index in [9.17, 15) is 9.59 Å². The third-order valence-electron chi connectivity index (χ3n) is 4.66. The summed E-state index contributed by atoms with van der Waals surface area (Å²) in [5.74, 6) is 0.0608. The predicted molar refractivity (Wildman–Crippen MR) is 113 cm³/mol. The van der Waals surface area contributed by atoms with Gasteiger partial charge in [-0.3, -0.25) is 9.48 Å². The van der Waals surface area contributed by atoms with Gasteiger partial charge in [0.2, 0.25) is 0 Å². The van der Waals surface area contributed by atoms with Crippen LogP contribution in [0, 0.1) is 13.8 Å². The molecule has 9 nitrogen and oxygen atoms in total. The van der Waals surface area contributed by atoms with Gasteiger partial charge < -0.3 is 23.9 Å². The first-order valence-electron chi connectivity index (χ1n) is 9.22. The molecule has 31 heavy (non-hydrogen) atoms. The number of anilines is 1. The highest BCUT2D eigenvalue weighted by molar-refractivity contribution is 6.31. The van der Waals surface area contributed by atoms with E-state index in [1.165, 1.54) is 39.5 Å². The molecule has 3 aromatic rings. The molecule has 0 bridgehead atoms. The number of esters is 1. The Balaban J connectivity index is 1.85. The molecule has 10 heteroatoms. The predicted octanol–water partition coefficient (Wildman–Crippen LogP) is 3.85. The van der Waals surface area contributed by atoms with Crippen molar-refractivity contribution in [3.8, 4) is 11.5 Å². The molecule has 0 saturated heterocycles. The molecule has 1 N–H and O–H groups in total. The van der Waals surface area contributed by atoms with Gasteiger partial charge in [-0.25, -0.2) is 4.79 Å². The summed E-state index contributed by atoms with van der Waals surface area (Å²) in [7, 11) is 4.14. The number of benzene rings is 1. The van der Waals surface area contributed by atoms with E-state index in [-0.39, 0.29) is 17.0 Å². The maximum Gasteiger partial charge on any atom is 0.340 e.